The average Bonchev–Trinajstić information content (AvgIpc) is 2.08. The molecule has 0 N–H and O–H groups in total. The molecule has 0 aromatic rings. The van der Waals surface area contributed by atoms with Crippen molar-refractivity contribution in [2.45, 2.75) is 32.6 Å². The quantitative estimate of drug-likeness (QED) is 0.329. The second kappa shape index (κ2) is 10.5. The smallest absolute Gasteiger partial charge is 0.550 e. The number of carboxylic acids is 1. The normalized spacial score (nSPS) is 14.2. The Hall–Kier alpha value is 0.430. The number of nitrogens with zero attached hydrogens (tertiary/aromatic N) is 1. The van der Waals surface area contributed by atoms with Gasteiger partial charge >= 0.3 is 29.6 Å². The molecule has 0 saturated carbocycles. The number of carboxylic acid groups (broad SMARTS) is 1. The van der Waals surface area contributed by atoms with Crippen molar-refractivity contribution < 1.29 is 43.6 Å². The third-order valence-electron chi connectivity index (χ3n) is 1.62. The Kier molecular flexibility index (Phi) is 8.06. The molecule has 0 aromatic carbocycles. The monoisotopic (exact) mass is 198 g/mol. The second-order valence-electron chi connectivity index (χ2n) is 2.82. The summed E-state index contributed by atoms with van der Waals surface area (Å²) < 4.78 is 21.6. The van der Waals surface area contributed by atoms with Crippen molar-refractivity contribution in [3.8, 4) is 0 Å². The SMILES string of the molecule is [2H]C([2H])([2H])N(CCCCC)CCC(=O)[O-].[Na+]. The maximum absolute atomic E-state index is 10.2. The second-order valence-corrected chi connectivity index (χ2v) is 2.82. The number of aliphatic carboxylic acids is 1. The summed E-state index contributed by atoms with van der Waals surface area (Å²) in [5, 5.41) is 10.2. The summed E-state index contributed by atoms with van der Waals surface area (Å²) in [6.07, 6.45) is 2.51. The zero-order valence-electron chi connectivity index (χ0n) is 11.5. The van der Waals surface area contributed by atoms with Crippen molar-refractivity contribution in [1.29, 1.82) is 0 Å². The topological polar surface area (TPSA) is 43.4 Å². The van der Waals surface area contributed by atoms with Crippen LogP contribution in [-0.2, 0) is 4.79 Å². The number of unbranched alkanes of at least 4 members (excludes halogenated alkanes) is 2. The van der Waals surface area contributed by atoms with Gasteiger partial charge in [0, 0.05) is 16.6 Å². The molecule has 0 aliphatic rings. The summed E-state index contributed by atoms with van der Waals surface area (Å²) in [5.74, 6) is -1.21. The predicted molar refractivity (Wildman–Crippen MR) is 46.6 cm³/mol. The van der Waals surface area contributed by atoms with Gasteiger partial charge in [0.1, 0.15) is 0 Å². The first-order valence-electron chi connectivity index (χ1n) is 5.82. The van der Waals surface area contributed by atoms with Crippen molar-refractivity contribution in [2.24, 2.45) is 0 Å². The van der Waals surface area contributed by atoms with Gasteiger partial charge in [-0.2, -0.15) is 0 Å². The summed E-state index contributed by atoms with van der Waals surface area (Å²) in [6.45, 7) is 0.268. The Balaban J connectivity index is 0. The van der Waals surface area contributed by atoms with Crippen LogP contribution < -0.4 is 34.7 Å². The molecule has 0 radical (unpaired) electrons. The molecule has 0 unspecified atom stereocenters. The molecule has 72 valence electrons. The fourth-order valence-corrected chi connectivity index (χ4v) is 0.891. The Bertz CT molecular complexity index is 200. The molecule has 13 heavy (non-hydrogen) atoms. The first-order valence-corrected chi connectivity index (χ1v) is 4.32. The summed E-state index contributed by atoms with van der Waals surface area (Å²) in [4.78, 5) is 11.5. The van der Waals surface area contributed by atoms with Gasteiger partial charge in [-0.15, -0.1) is 0 Å². The van der Waals surface area contributed by atoms with Crippen LogP contribution in [0.3, 0.4) is 0 Å². The molecule has 0 saturated heterocycles. The van der Waals surface area contributed by atoms with Gasteiger partial charge in [-0.1, -0.05) is 19.8 Å². The minimum atomic E-state index is -2.21. The van der Waals surface area contributed by atoms with Gasteiger partial charge in [-0.3, -0.25) is 0 Å². The summed E-state index contributed by atoms with van der Waals surface area (Å²) >= 11 is 0. The average molecular weight is 198 g/mol. The maximum Gasteiger partial charge on any atom is 1.00 e. The van der Waals surface area contributed by atoms with Crippen LogP contribution in [0.5, 0.6) is 0 Å². The molecule has 0 fully saturated rings. The van der Waals surface area contributed by atoms with E-state index in [1.54, 1.807) is 0 Å². The standard InChI is InChI=1S/C9H19NO2.Na/c1-3-4-5-7-10(2)8-6-9(11)12;/h3-8H2,1-2H3,(H,11,12);/q;+1/p-1/i2D3;. The third kappa shape index (κ3) is 12.4. The van der Waals surface area contributed by atoms with Crippen LogP contribution in [0.2, 0.25) is 0 Å². The Labute approximate surface area is 107 Å². The zero-order chi connectivity index (χ0) is 11.9. The zero-order valence-corrected chi connectivity index (χ0v) is 10.5. The fraction of sp³-hybridized carbons (Fsp3) is 0.889. The molecule has 3 nitrogen and oxygen atoms in total. The van der Waals surface area contributed by atoms with E-state index in [9.17, 15) is 9.90 Å². The minimum Gasteiger partial charge on any atom is -0.550 e. The molecule has 0 bridgehead atoms. The van der Waals surface area contributed by atoms with Crippen molar-refractivity contribution in [2.75, 3.05) is 20.1 Å². The van der Waals surface area contributed by atoms with E-state index in [0.717, 1.165) is 19.3 Å². The first kappa shape index (κ1) is 9.97. The van der Waals surface area contributed by atoms with Gasteiger partial charge < -0.3 is 14.8 Å². The number of carbonyl (C=O) groups is 1. The van der Waals surface area contributed by atoms with E-state index in [0.29, 0.717) is 6.54 Å². The predicted octanol–water partition coefficient (Wildman–Crippen LogP) is -2.75. The van der Waals surface area contributed by atoms with Gasteiger partial charge in [-0.25, -0.2) is 0 Å². The number of hydrogen-bond acceptors (Lipinski definition) is 3. The van der Waals surface area contributed by atoms with E-state index in [-0.39, 0.29) is 42.5 Å². The van der Waals surface area contributed by atoms with E-state index in [1.165, 1.54) is 4.90 Å². The summed E-state index contributed by atoms with van der Waals surface area (Å²) in [5.41, 5.74) is 0. The van der Waals surface area contributed by atoms with Crippen molar-refractivity contribution in [1.82, 2.24) is 4.90 Å². The van der Waals surface area contributed by atoms with Crippen molar-refractivity contribution in [3.63, 3.8) is 0 Å². The van der Waals surface area contributed by atoms with Crippen LogP contribution in [0, 0.1) is 0 Å². The van der Waals surface area contributed by atoms with Gasteiger partial charge in [0.2, 0.25) is 0 Å². The van der Waals surface area contributed by atoms with E-state index < -0.39 is 12.9 Å². The Morgan fingerprint density at radius 3 is 2.62 bits per heavy atom. The molecule has 0 atom stereocenters. The third-order valence-corrected chi connectivity index (χ3v) is 1.62. The molecule has 0 heterocycles. The number of rotatable bonds is 7. The Morgan fingerprint density at radius 1 is 1.46 bits per heavy atom. The van der Waals surface area contributed by atoms with Crippen molar-refractivity contribution in [3.05, 3.63) is 0 Å². The van der Waals surface area contributed by atoms with Crippen LogP contribution in [-0.4, -0.2) is 30.9 Å². The molecule has 0 spiro atoms. The fourth-order valence-electron chi connectivity index (χ4n) is 0.891. The van der Waals surface area contributed by atoms with Crippen LogP contribution >= 0.6 is 0 Å². The van der Waals surface area contributed by atoms with Gasteiger partial charge in [0.25, 0.3) is 0 Å². The molecule has 4 heteroatoms. The van der Waals surface area contributed by atoms with Crippen LogP contribution in [0.1, 0.15) is 36.7 Å². The largest absolute Gasteiger partial charge is 1.00 e. The first-order chi connectivity index (χ1) is 6.88. The summed E-state index contributed by atoms with van der Waals surface area (Å²) in [6, 6.07) is 0. The minimum absolute atomic E-state index is 0. The van der Waals surface area contributed by atoms with Crippen molar-refractivity contribution >= 4 is 5.97 Å². The molecule has 0 aliphatic carbocycles. The van der Waals surface area contributed by atoms with E-state index in [1.807, 2.05) is 6.92 Å². The molecule has 0 rings (SSSR count). The van der Waals surface area contributed by atoms with E-state index in [4.69, 9.17) is 4.11 Å². The maximum atomic E-state index is 10.2. The van der Waals surface area contributed by atoms with E-state index >= 15 is 0 Å². The van der Waals surface area contributed by atoms with E-state index in [2.05, 4.69) is 0 Å². The molecule has 0 aromatic heterocycles. The summed E-state index contributed by atoms with van der Waals surface area (Å²) in [7, 11) is 0. The van der Waals surface area contributed by atoms with Crippen LogP contribution in [0.25, 0.3) is 0 Å². The van der Waals surface area contributed by atoms with Crippen LogP contribution in [0.4, 0.5) is 0 Å². The number of carbonyl (C=O) groups excluding carboxylic acids is 1. The molecule has 0 aliphatic heterocycles. The van der Waals surface area contributed by atoms with Gasteiger partial charge in [0.15, 0.2) is 0 Å². The number of hydrogen-bond donors (Lipinski definition) is 0. The van der Waals surface area contributed by atoms with Gasteiger partial charge in [0.05, 0.1) is 0 Å². The Morgan fingerprint density at radius 2 is 2.15 bits per heavy atom. The molecular formula is C9H18NNaO2. The van der Waals surface area contributed by atoms with Gasteiger partial charge in [-0.05, 0) is 26.4 Å². The molecule has 0 amide bonds. The molecular weight excluding hydrogens is 177 g/mol. The van der Waals surface area contributed by atoms with Crippen LogP contribution in [0.15, 0.2) is 0 Å².